The summed E-state index contributed by atoms with van der Waals surface area (Å²) in [5, 5.41) is 19.7. The van der Waals surface area contributed by atoms with E-state index in [1.807, 2.05) is 0 Å². The maximum atomic E-state index is 11.9. The minimum Gasteiger partial charge on any atom is -0.378 e. The molecule has 0 unspecified atom stereocenters. The molecule has 142 valence electrons. The lowest BCUT2D eigenvalue weighted by Gasteiger charge is -2.09. The second-order valence-electron chi connectivity index (χ2n) is 5.56. The van der Waals surface area contributed by atoms with Gasteiger partial charge in [-0.3, -0.25) is 19.7 Å². The van der Waals surface area contributed by atoms with E-state index in [0.29, 0.717) is 29.4 Å². The van der Waals surface area contributed by atoms with Crippen LogP contribution in [-0.2, 0) is 4.79 Å². The molecule has 0 radical (unpaired) electrons. The lowest BCUT2D eigenvalue weighted by atomic mass is 10.2. The zero-order chi connectivity index (χ0) is 19.6. The van der Waals surface area contributed by atoms with Crippen molar-refractivity contribution in [1.82, 2.24) is 10.6 Å². The van der Waals surface area contributed by atoms with Crippen LogP contribution in [-0.4, -0.2) is 36.4 Å². The molecule has 0 aliphatic heterocycles. The summed E-state index contributed by atoms with van der Waals surface area (Å²) in [6, 6.07) is 12.7. The van der Waals surface area contributed by atoms with E-state index in [1.165, 1.54) is 6.07 Å². The molecule has 2 amide bonds. The van der Waals surface area contributed by atoms with Gasteiger partial charge < -0.3 is 16.0 Å². The molecule has 9 heteroatoms. The van der Waals surface area contributed by atoms with E-state index >= 15 is 0 Å². The lowest BCUT2D eigenvalue weighted by Crippen LogP contribution is -2.33. The molecular weight excluding hydrogens is 372 g/mol. The summed E-state index contributed by atoms with van der Waals surface area (Å²) >= 11 is 5.76. The number of nitro groups is 1. The highest BCUT2D eigenvalue weighted by molar-refractivity contribution is 6.30. The van der Waals surface area contributed by atoms with Crippen LogP contribution in [0.25, 0.3) is 0 Å². The van der Waals surface area contributed by atoms with E-state index in [-0.39, 0.29) is 30.5 Å². The monoisotopic (exact) mass is 390 g/mol. The van der Waals surface area contributed by atoms with E-state index in [4.69, 9.17) is 11.6 Å². The van der Waals surface area contributed by atoms with Gasteiger partial charge >= 0.3 is 0 Å². The third kappa shape index (κ3) is 6.59. The average molecular weight is 391 g/mol. The number of nitro benzene ring substituents is 1. The molecule has 0 aliphatic carbocycles. The number of rotatable bonds is 9. The van der Waals surface area contributed by atoms with Gasteiger partial charge in [0, 0.05) is 42.7 Å². The van der Waals surface area contributed by atoms with Gasteiger partial charge in [0.05, 0.1) is 4.92 Å². The molecule has 2 aromatic rings. The Morgan fingerprint density at radius 1 is 0.963 bits per heavy atom. The normalized spacial score (nSPS) is 10.1. The van der Waals surface area contributed by atoms with Crippen molar-refractivity contribution in [3.05, 3.63) is 69.2 Å². The number of halogens is 1. The Labute approximate surface area is 161 Å². The highest BCUT2D eigenvalue weighted by Gasteiger charge is 2.11. The summed E-state index contributed by atoms with van der Waals surface area (Å²) in [5.74, 6) is -0.506. The van der Waals surface area contributed by atoms with Crippen LogP contribution in [0, 0.1) is 10.1 Å². The molecular formula is C18H19ClN4O4. The van der Waals surface area contributed by atoms with Gasteiger partial charge in [-0.1, -0.05) is 23.7 Å². The average Bonchev–Trinajstić information content (AvgIpc) is 2.66. The maximum absolute atomic E-state index is 11.9. The van der Waals surface area contributed by atoms with Crippen molar-refractivity contribution in [2.75, 3.05) is 25.0 Å². The van der Waals surface area contributed by atoms with Crippen LogP contribution in [0.15, 0.2) is 48.5 Å². The fourth-order valence-electron chi connectivity index (χ4n) is 2.26. The van der Waals surface area contributed by atoms with Gasteiger partial charge in [0.1, 0.15) is 5.69 Å². The van der Waals surface area contributed by atoms with Gasteiger partial charge in [0.2, 0.25) is 5.91 Å². The largest absolute Gasteiger partial charge is 0.378 e. The predicted molar refractivity (Wildman–Crippen MR) is 103 cm³/mol. The van der Waals surface area contributed by atoms with Gasteiger partial charge in [0.15, 0.2) is 0 Å². The zero-order valence-electron chi connectivity index (χ0n) is 14.4. The van der Waals surface area contributed by atoms with Crippen molar-refractivity contribution >= 4 is 34.8 Å². The van der Waals surface area contributed by atoms with E-state index < -0.39 is 4.92 Å². The molecule has 2 rings (SSSR count). The second kappa shape index (κ2) is 10.1. The zero-order valence-corrected chi connectivity index (χ0v) is 15.2. The predicted octanol–water partition coefficient (Wildman–Crippen LogP) is 2.60. The summed E-state index contributed by atoms with van der Waals surface area (Å²) in [6.45, 7) is 0.842. The van der Waals surface area contributed by atoms with Crippen molar-refractivity contribution in [2.45, 2.75) is 6.42 Å². The first-order valence-electron chi connectivity index (χ1n) is 8.25. The summed E-state index contributed by atoms with van der Waals surface area (Å²) in [4.78, 5) is 34.1. The number of anilines is 1. The first kappa shape index (κ1) is 20.2. The summed E-state index contributed by atoms with van der Waals surface area (Å²) in [7, 11) is 0. The van der Waals surface area contributed by atoms with Crippen LogP contribution < -0.4 is 16.0 Å². The number of benzene rings is 2. The molecule has 0 heterocycles. The van der Waals surface area contributed by atoms with Gasteiger partial charge in [-0.2, -0.15) is 0 Å². The molecule has 0 aromatic heterocycles. The highest BCUT2D eigenvalue weighted by Crippen LogP contribution is 2.22. The highest BCUT2D eigenvalue weighted by atomic mass is 35.5. The van der Waals surface area contributed by atoms with E-state index in [9.17, 15) is 19.7 Å². The van der Waals surface area contributed by atoms with E-state index in [0.717, 1.165) is 0 Å². The number of amides is 2. The van der Waals surface area contributed by atoms with Crippen molar-refractivity contribution in [1.29, 1.82) is 0 Å². The number of para-hydroxylation sites is 2. The van der Waals surface area contributed by atoms with Crippen molar-refractivity contribution in [3.63, 3.8) is 0 Å². The van der Waals surface area contributed by atoms with Gasteiger partial charge in [0.25, 0.3) is 11.6 Å². The number of nitrogens with one attached hydrogen (secondary N) is 3. The van der Waals surface area contributed by atoms with Gasteiger partial charge in [-0.25, -0.2) is 0 Å². The molecule has 0 bridgehead atoms. The second-order valence-corrected chi connectivity index (χ2v) is 6.00. The summed E-state index contributed by atoms with van der Waals surface area (Å²) in [6.07, 6.45) is 0.130. The Balaban J connectivity index is 1.64. The van der Waals surface area contributed by atoms with Crippen molar-refractivity contribution in [3.8, 4) is 0 Å². The first-order valence-corrected chi connectivity index (χ1v) is 8.63. The summed E-state index contributed by atoms with van der Waals surface area (Å²) < 4.78 is 0. The topological polar surface area (TPSA) is 113 Å². The molecule has 0 atom stereocenters. The molecule has 3 N–H and O–H groups in total. The Morgan fingerprint density at radius 3 is 2.37 bits per heavy atom. The molecule has 27 heavy (non-hydrogen) atoms. The van der Waals surface area contributed by atoms with Crippen LogP contribution in [0.5, 0.6) is 0 Å². The van der Waals surface area contributed by atoms with E-state index in [2.05, 4.69) is 16.0 Å². The molecule has 0 saturated carbocycles. The third-order valence-electron chi connectivity index (χ3n) is 3.61. The van der Waals surface area contributed by atoms with Crippen LogP contribution in [0.1, 0.15) is 16.8 Å². The van der Waals surface area contributed by atoms with Gasteiger partial charge in [-0.15, -0.1) is 0 Å². The van der Waals surface area contributed by atoms with Crippen LogP contribution in [0.3, 0.4) is 0 Å². The molecule has 0 spiro atoms. The number of hydrogen-bond donors (Lipinski definition) is 3. The van der Waals surface area contributed by atoms with Crippen LogP contribution in [0.2, 0.25) is 5.02 Å². The summed E-state index contributed by atoms with van der Waals surface area (Å²) in [5.41, 5.74) is 0.842. The van der Waals surface area contributed by atoms with E-state index in [1.54, 1.807) is 42.5 Å². The Morgan fingerprint density at radius 2 is 1.67 bits per heavy atom. The molecule has 0 fully saturated rings. The van der Waals surface area contributed by atoms with Crippen molar-refractivity contribution < 1.29 is 14.5 Å². The smallest absolute Gasteiger partial charge is 0.292 e. The molecule has 0 saturated heterocycles. The number of hydrogen-bond acceptors (Lipinski definition) is 5. The molecule has 8 nitrogen and oxygen atoms in total. The lowest BCUT2D eigenvalue weighted by molar-refractivity contribution is -0.384. The molecule has 0 aliphatic rings. The minimum absolute atomic E-state index is 0.0197. The quantitative estimate of drug-likeness (QED) is 0.346. The fourth-order valence-corrected chi connectivity index (χ4v) is 2.39. The number of carbonyl (C=O) groups is 2. The van der Waals surface area contributed by atoms with Crippen LogP contribution in [0.4, 0.5) is 11.4 Å². The minimum atomic E-state index is -0.468. The maximum Gasteiger partial charge on any atom is 0.292 e. The van der Waals surface area contributed by atoms with Crippen molar-refractivity contribution in [2.24, 2.45) is 0 Å². The Hall–Kier alpha value is -3.13. The Kier molecular flexibility index (Phi) is 7.57. The SMILES string of the molecule is O=C(CCNC(=O)c1ccc(Cl)cc1)NCCNc1ccccc1[N+](=O)[O-]. The first-order chi connectivity index (χ1) is 13.0. The number of nitrogens with zero attached hydrogens (tertiary/aromatic N) is 1. The third-order valence-corrected chi connectivity index (χ3v) is 3.86. The fraction of sp³-hybridized carbons (Fsp3) is 0.222. The van der Waals surface area contributed by atoms with Gasteiger partial charge in [-0.05, 0) is 30.3 Å². The Bertz CT molecular complexity index is 811. The van der Waals surface area contributed by atoms with Crippen LogP contribution >= 0.6 is 11.6 Å². The number of carbonyl (C=O) groups excluding carboxylic acids is 2. The molecule has 2 aromatic carbocycles. The standard InChI is InChI=1S/C18H19ClN4O4/c19-14-7-5-13(6-8-14)18(25)22-10-9-17(24)21-12-11-20-15-3-1-2-4-16(15)23(26)27/h1-8,20H,9-12H2,(H,21,24)(H,22,25).